The zero-order valence-electron chi connectivity index (χ0n) is 4.39. The van der Waals surface area contributed by atoms with Crippen LogP contribution in [0.5, 0.6) is 0 Å². The van der Waals surface area contributed by atoms with E-state index in [0.717, 1.165) is 0 Å². The van der Waals surface area contributed by atoms with Gasteiger partial charge in [-0.15, -0.1) is 0 Å². The van der Waals surface area contributed by atoms with E-state index in [1.54, 1.807) is 0 Å². The van der Waals surface area contributed by atoms with Gasteiger partial charge in [-0.3, -0.25) is 0 Å². The molecule has 0 nitrogen and oxygen atoms in total. The van der Waals surface area contributed by atoms with Crippen molar-refractivity contribution in [2.24, 2.45) is 5.92 Å². The van der Waals surface area contributed by atoms with Crippen LogP contribution in [-0.4, -0.2) is 0 Å². The predicted octanol–water partition coefficient (Wildman–Crippen LogP) is 1.76. The standard InChI is InChI=1S/C7H8/c1-7-5-3-2-4-6-7/h2-5,7H,1H3. The molecule has 1 aliphatic carbocycles. The zero-order valence-corrected chi connectivity index (χ0v) is 4.39. The monoisotopic (exact) mass is 92.1 g/mol. The van der Waals surface area contributed by atoms with Gasteiger partial charge in [0, 0.05) is 0 Å². The second kappa shape index (κ2) is 1.97. The fraction of sp³-hybridized carbons (Fsp3) is 0.286. The molecule has 0 N–H and O–H groups in total. The lowest BCUT2D eigenvalue weighted by Gasteiger charge is -2.00. The highest BCUT2D eigenvalue weighted by Crippen LogP contribution is 2.05. The Kier molecular flexibility index (Phi) is 1.30. The van der Waals surface area contributed by atoms with Crippen LogP contribution in [0, 0.1) is 18.4 Å². The van der Waals surface area contributed by atoms with Gasteiger partial charge in [0.05, 0.1) is 0 Å². The van der Waals surface area contributed by atoms with Crippen molar-refractivity contribution in [3.8, 4) is 0 Å². The van der Waals surface area contributed by atoms with Crippen LogP contribution < -0.4 is 0 Å². The maximum atomic E-state index is 3.11. The van der Waals surface area contributed by atoms with E-state index in [9.17, 15) is 0 Å². The highest BCUT2D eigenvalue weighted by Gasteiger charge is 1.94. The third kappa shape index (κ3) is 1.19. The van der Waals surface area contributed by atoms with Gasteiger partial charge < -0.3 is 0 Å². The van der Waals surface area contributed by atoms with E-state index in [1.165, 1.54) is 0 Å². The van der Waals surface area contributed by atoms with Crippen LogP contribution in [-0.2, 0) is 0 Å². The first kappa shape index (κ1) is 4.63. The van der Waals surface area contributed by atoms with Crippen LogP contribution in [0.3, 0.4) is 0 Å². The molecule has 0 spiro atoms. The van der Waals surface area contributed by atoms with Crippen molar-refractivity contribution in [3.05, 3.63) is 30.7 Å². The quantitative estimate of drug-likeness (QED) is 0.427. The Bertz CT molecular complexity index is 98.6. The summed E-state index contributed by atoms with van der Waals surface area (Å²) in [6.45, 7) is 2.11. The minimum absolute atomic E-state index is 0.519. The van der Waals surface area contributed by atoms with Crippen molar-refractivity contribution in [2.75, 3.05) is 0 Å². The van der Waals surface area contributed by atoms with Gasteiger partial charge in [0.2, 0.25) is 0 Å². The largest absolute Gasteiger partial charge is 0.0802 e. The predicted molar refractivity (Wildman–Crippen MR) is 30.4 cm³/mol. The third-order valence-corrected chi connectivity index (χ3v) is 0.966. The first-order chi connectivity index (χ1) is 3.39. The molecular weight excluding hydrogens is 84.1 g/mol. The van der Waals surface area contributed by atoms with E-state index in [1.807, 2.05) is 18.2 Å². The van der Waals surface area contributed by atoms with Gasteiger partial charge >= 0.3 is 0 Å². The Balaban J connectivity index is 2.49. The summed E-state index contributed by atoms with van der Waals surface area (Å²) in [5, 5.41) is 0. The second-order valence-electron chi connectivity index (χ2n) is 1.70. The molecule has 7 heavy (non-hydrogen) atoms. The van der Waals surface area contributed by atoms with E-state index < -0.39 is 0 Å². The van der Waals surface area contributed by atoms with Crippen LogP contribution in [0.4, 0.5) is 0 Å². The molecule has 0 saturated carbocycles. The van der Waals surface area contributed by atoms with Crippen LogP contribution in [0.2, 0.25) is 0 Å². The van der Waals surface area contributed by atoms with Gasteiger partial charge in [0.25, 0.3) is 0 Å². The topological polar surface area (TPSA) is 0 Å². The molecule has 1 aliphatic rings. The molecule has 0 aliphatic heterocycles. The SMILES string of the molecule is CC1[C]=CC=C[CH]1. The molecule has 0 saturated heterocycles. The van der Waals surface area contributed by atoms with Crippen molar-refractivity contribution in [3.63, 3.8) is 0 Å². The number of allylic oxidation sites excluding steroid dienone is 4. The average Bonchev–Trinajstić information content (AvgIpc) is 1.69. The van der Waals surface area contributed by atoms with Crippen molar-refractivity contribution in [1.82, 2.24) is 0 Å². The van der Waals surface area contributed by atoms with Crippen LogP contribution >= 0.6 is 0 Å². The lowest BCUT2D eigenvalue weighted by Crippen LogP contribution is -1.90. The normalized spacial score (nSPS) is 28.4. The fourth-order valence-corrected chi connectivity index (χ4v) is 0.549. The molecule has 1 atom stereocenters. The zero-order chi connectivity index (χ0) is 5.11. The summed E-state index contributed by atoms with van der Waals surface area (Å²) in [6, 6.07) is 0. The van der Waals surface area contributed by atoms with Gasteiger partial charge in [-0.05, 0) is 18.4 Å². The average molecular weight is 92.1 g/mol. The Morgan fingerprint density at radius 2 is 2.29 bits per heavy atom. The smallest absolute Gasteiger partial charge is 0.00952 e. The minimum atomic E-state index is 0.519. The number of hydrogen-bond donors (Lipinski definition) is 0. The molecule has 1 rings (SSSR count). The van der Waals surface area contributed by atoms with E-state index in [4.69, 9.17) is 0 Å². The van der Waals surface area contributed by atoms with Gasteiger partial charge in [0.15, 0.2) is 0 Å². The summed E-state index contributed by atoms with van der Waals surface area (Å²) in [6.07, 6.45) is 11.2. The summed E-state index contributed by atoms with van der Waals surface area (Å²) in [5.74, 6) is 0.519. The van der Waals surface area contributed by atoms with E-state index in [-0.39, 0.29) is 0 Å². The maximum Gasteiger partial charge on any atom is -0.00952 e. The molecule has 0 aromatic carbocycles. The molecule has 0 amide bonds. The molecule has 0 aromatic heterocycles. The molecule has 36 valence electrons. The molecule has 2 radical (unpaired) electrons. The number of rotatable bonds is 0. The van der Waals surface area contributed by atoms with Crippen LogP contribution in [0.1, 0.15) is 6.92 Å². The minimum Gasteiger partial charge on any atom is -0.0802 e. The summed E-state index contributed by atoms with van der Waals surface area (Å²) >= 11 is 0. The third-order valence-electron chi connectivity index (χ3n) is 0.966. The van der Waals surface area contributed by atoms with Crippen LogP contribution in [0.25, 0.3) is 0 Å². The summed E-state index contributed by atoms with van der Waals surface area (Å²) < 4.78 is 0. The van der Waals surface area contributed by atoms with Crippen LogP contribution in [0.15, 0.2) is 18.2 Å². The van der Waals surface area contributed by atoms with Gasteiger partial charge in [-0.1, -0.05) is 25.2 Å². The Morgan fingerprint density at radius 3 is 2.57 bits per heavy atom. The Labute approximate surface area is 44.5 Å². The summed E-state index contributed by atoms with van der Waals surface area (Å²) in [4.78, 5) is 0. The fourth-order valence-electron chi connectivity index (χ4n) is 0.549. The highest BCUT2D eigenvalue weighted by molar-refractivity contribution is 5.14. The Morgan fingerprint density at radius 1 is 1.43 bits per heavy atom. The van der Waals surface area contributed by atoms with Gasteiger partial charge in [0.1, 0.15) is 0 Å². The lowest BCUT2D eigenvalue weighted by atomic mass is 10.0. The molecule has 0 heterocycles. The summed E-state index contributed by atoms with van der Waals surface area (Å²) in [7, 11) is 0. The molecule has 0 heteroatoms. The van der Waals surface area contributed by atoms with Gasteiger partial charge in [-0.2, -0.15) is 0 Å². The van der Waals surface area contributed by atoms with Crippen molar-refractivity contribution >= 4 is 0 Å². The molecular formula is C7H8. The highest BCUT2D eigenvalue weighted by atomic mass is 14.0. The molecule has 0 aromatic rings. The van der Waals surface area contributed by atoms with E-state index >= 15 is 0 Å². The maximum absolute atomic E-state index is 3.11. The second-order valence-corrected chi connectivity index (χ2v) is 1.70. The van der Waals surface area contributed by atoms with Gasteiger partial charge in [-0.25, -0.2) is 0 Å². The van der Waals surface area contributed by atoms with E-state index in [2.05, 4.69) is 19.4 Å². The molecule has 1 unspecified atom stereocenters. The Hall–Kier alpha value is -0.520. The van der Waals surface area contributed by atoms with E-state index in [0.29, 0.717) is 5.92 Å². The van der Waals surface area contributed by atoms with Crippen molar-refractivity contribution in [1.29, 1.82) is 0 Å². The lowest BCUT2D eigenvalue weighted by molar-refractivity contribution is 0.850. The van der Waals surface area contributed by atoms with Crippen molar-refractivity contribution in [2.45, 2.75) is 6.92 Å². The first-order valence-corrected chi connectivity index (χ1v) is 2.49. The first-order valence-electron chi connectivity index (χ1n) is 2.49. The molecule has 0 bridgehead atoms. The van der Waals surface area contributed by atoms with Crippen molar-refractivity contribution < 1.29 is 0 Å². The number of hydrogen-bond acceptors (Lipinski definition) is 0. The summed E-state index contributed by atoms with van der Waals surface area (Å²) in [5.41, 5.74) is 0. The molecule has 0 fully saturated rings.